The predicted molar refractivity (Wildman–Crippen MR) is 54.6 cm³/mol. The van der Waals surface area contributed by atoms with Crippen LogP contribution in [0.15, 0.2) is 47.5 Å². The Morgan fingerprint density at radius 2 is 2.07 bits per heavy atom. The molecule has 3 nitrogen and oxygen atoms in total. The van der Waals surface area contributed by atoms with Crippen LogP contribution in [0.4, 0.5) is 0 Å². The number of nitrogens with zero attached hydrogens (tertiary/aromatic N) is 2. The van der Waals surface area contributed by atoms with Gasteiger partial charge in [0.25, 0.3) is 5.56 Å². The highest BCUT2D eigenvalue weighted by atomic mass is 16.1. The second-order valence-electron chi connectivity index (χ2n) is 3.10. The van der Waals surface area contributed by atoms with Gasteiger partial charge < -0.3 is 0 Å². The van der Waals surface area contributed by atoms with Gasteiger partial charge in [-0.3, -0.25) is 9.36 Å². The first-order chi connectivity index (χ1) is 6.77. The van der Waals surface area contributed by atoms with Crippen molar-refractivity contribution in [3.8, 4) is 5.82 Å². The zero-order valence-electron chi connectivity index (χ0n) is 7.84. The lowest BCUT2D eigenvalue weighted by atomic mass is 10.3. The predicted octanol–water partition coefficient (Wildman–Crippen LogP) is 1.54. The zero-order chi connectivity index (χ0) is 9.97. The third-order valence-corrected chi connectivity index (χ3v) is 1.96. The molecule has 0 saturated heterocycles. The minimum Gasteiger partial charge on any atom is -0.269 e. The molecule has 3 heteroatoms. The summed E-state index contributed by atoms with van der Waals surface area (Å²) in [4.78, 5) is 15.6. The molecule has 0 radical (unpaired) electrons. The van der Waals surface area contributed by atoms with Gasteiger partial charge in [0.15, 0.2) is 0 Å². The Labute approximate surface area is 81.7 Å². The van der Waals surface area contributed by atoms with Crippen molar-refractivity contribution in [2.24, 2.45) is 0 Å². The number of pyridine rings is 2. The molecular weight excluding hydrogens is 176 g/mol. The van der Waals surface area contributed by atoms with E-state index in [1.807, 2.05) is 19.1 Å². The SMILES string of the molecule is Cc1ccc(=O)n(-c2ccccn2)c1. The molecule has 2 rings (SSSR count). The largest absolute Gasteiger partial charge is 0.269 e. The Kier molecular flexibility index (Phi) is 2.14. The molecule has 0 unspecified atom stereocenters. The van der Waals surface area contributed by atoms with E-state index >= 15 is 0 Å². The average Bonchev–Trinajstić information content (AvgIpc) is 2.23. The summed E-state index contributed by atoms with van der Waals surface area (Å²) in [5.74, 6) is 0.654. The highest BCUT2D eigenvalue weighted by Gasteiger charge is 1.98. The van der Waals surface area contributed by atoms with Gasteiger partial charge in [0.05, 0.1) is 0 Å². The molecule has 0 saturated carbocycles. The lowest BCUT2D eigenvalue weighted by molar-refractivity contribution is 0.931. The fraction of sp³-hybridized carbons (Fsp3) is 0.0909. The molecule has 0 aliphatic rings. The van der Waals surface area contributed by atoms with E-state index < -0.39 is 0 Å². The maximum Gasteiger partial charge on any atom is 0.256 e. The molecule has 0 aromatic carbocycles. The molecule has 0 atom stereocenters. The summed E-state index contributed by atoms with van der Waals surface area (Å²) in [5.41, 5.74) is 0.976. The van der Waals surface area contributed by atoms with Crippen molar-refractivity contribution in [3.05, 3.63) is 58.6 Å². The molecule has 2 heterocycles. The standard InChI is InChI=1S/C11H10N2O/c1-9-5-6-11(14)13(8-9)10-4-2-3-7-12-10/h2-8H,1H3. The third-order valence-electron chi connectivity index (χ3n) is 1.96. The monoisotopic (exact) mass is 186 g/mol. The van der Waals surface area contributed by atoms with Gasteiger partial charge in [-0.1, -0.05) is 12.1 Å². The Morgan fingerprint density at radius 1 is 1.21 bits per heavy atom. The topological polar surface area (TPSA) is 34.9 Å². The Morgan fingerprint density at radius 3 is 2.79 bits per heavy atom. The minimum atomic E-state index is -0.0608. The van der Waals surface area contributed by atoms with E-state index in [-0.39, 0.29) is 5.56 Å². The first-order valence-electron chi connectivity index (χ1n) is 4.38. The molecule has 70 valence electrons. The molecule has 0 fully saturated rings. The summed E-state index contributed by atoms with van der Waals surface area (Å²) in [7, 11) is 0. The van der Waals surface area contributed by atoms with E-state index in [4.69, 9.17) is 0 Å². The van der Waals surface area contributed by atoms with Crippen LogP contribution in [0.1, 0.15) is 5.56 Å². The number of aromatic nitrogens is 2. The Hall–Kier alpha value is -1.90. The molecule has 0 amide bonds. The van der Waals surface area contributed by atoms with Gasteiger partial charge >= 0.3 is 0 Å². The number of rotatable bonds is 1. The lowest BCUT2D eigenvalue weighted by Crippen LogP contribution is -2.17. The lowest BCUT2D eigenvalue weighted by Gasteiger charge is -2.03. The maximum atomic E-state index is 11.5. The summed E-state index contributed by atoms with van der Waals surface area (Å²) < 4.78 is 1.54. The zero-order valence-corrected chi connectivity index (χ0v) is 7.84. The normalized spacial score (nSPS) is 10.1. The van der Waals surface area contributed by atoms with Crippen LogP contribution in [0, 0.1) is 6.92 Å². The smallest absolute Gasteiger partial charge is 0.256 e. The summed E-state index contributed by atoms with van der Waals surface area (Å²) in [5, 5.41) is 0. The number of hydrogen-bond donors (Lipinski definition) is 0. The molecule has 2 aromatic rings. The van der Waals surface area contributed by atoms with Crippen molar-refractivity contribution >= 4 is 0 Å². The van der Waals surface area contributed by atoms with Crippen LogP contribution in [0.2, 0.25) is 0 Å². The van der Waals surface area contributed by atoms with Gasteiger partial charge in [-0.2, -0.15) is 0 Å². The van der Waals surface area contributed by atoms with Crippen LogP contribution >= 0.6 is 0 Å². The summed E-state index contributed by atoms with van der Waals surface area (Å²) in [6, 6.07) is 8.83. The van der Waals surface area contributed by atoms with Crippen molar-refractivity contribution in [2.75, 3.05) is 0 Å². The molecule has 0 aliphatic heterocycles. The fourth-order valence-corrected chi connectivity index (χ4v) is 1.27. The van der Waals surface area contributed by atoms with Crippen molar-refractivity contribution in [3.63, 3.8) is 0 Å². The minimum absolute atomic E-state index is 0.0608. The fourth-order valence-electron chi connectivity index (χ4n) is 1.27. The van der Waals surface area contributed by atoms with E-state index in [2.05, 4.69) is 4.98 Å². The first-order valence-corrected chi connectivity index (χ1v) is 4.38. The number of aryl methyl sites for hydroxylation is 1. The van der Waals surface area contributed by atoms with Crippen molar-refractivity contribution in [1.29, 1.82) is 0 Å². The second-order valence-corrected chi connectivity index (χ2v) is 3.10. The van der Waals surface area contributed by atoms with Crippen LogP contribution in [0.3, 0.4) is 0 Å². The second kappa shape index (κ2) is 3.46. The van der Waals surface area contributed by atoms with Gasteiger partial charge in [-0.05, 0) is 24.6 Å². The van der Waals surface area contributed by atoms with Gasteiger partial charge in [-0.25, -0.2) is 4.98 Å². The van der Waals surface area contributed by atoms with E-state index in [1.54, 1.807) is 30.6 Å². The van der Waals surface area contributed by atoms with Crippen molar-refractivity contribution < 1.29 is 0 Å². The van der Waals surface area contributed by atoms with E-state index in [0.29, 0.717) is 5.82 Å². The maximum absolute atomic E-state index is 11.5. The van der Waals surface area contributed by atoms with E-state index in [0.717, 1.165) is 5.56 Å². The third kappa shape index (κ3) is 1.57. The summed E-state index contributed by atoms with van der Waals surface area (Å²) in [6.45, 7) is 1.94. The van der Waals surface area contributed by atoms with Crippen LogP contribution in [-0.4, -0.2) is 9.55 Å². The highest BCUT2D eigenvalue weighted by molar-refractivity contribution is 5.24. The van der Waals surface area contributed by atoms with Gasteiger partial charge in [-0.15, -0.1) is 0 Å². The van der Waals surface area contributed by atoms with E-state index in [9.17, 15) is 4.79 Å². The van der Waals surface area contributed by atoms with Crippen molar-refractivity contribution in [1.82, 2.24) is 9.55 Å². The van der Waals surface area contributed by atoms with Crippen LogP contribution in [0.5, 0.6) is 0 Å². The van der Waals surface area contributed by atoms with Crippen molar-refractivity contribution in [2.45, 2.75) is 6.92 Å². The quantitative estimate of drug-likeness (QED) is 0.677. The summed E-state index contributed by atoms with van der Waals surface area (Å²) in [6.07, 6.45) is 3.45. The molecule has 0 spiro atoms. The molecule has 2 aromatic heterocycles. The van der Waals surface area contributed by atoms with Crippen LogP contribution in [-0.2, 0) is 0 Å². The van der Waals surface area contributed by atoms with Crippen LogP contribution < -0.4 is 5.56 Å². The van der Waals surface area contributed by atoms with Gasteiger partial charge in [0, 0.05) is 18.5 Å². The first kappa shape index (κ1) is 8.69. The van der Waals surface area contributed by atoms with Gasteiger partial charge in [0.1, 0.15) is 5.82 Å². The highest BCUT2D eigenvalue weighted by Crippen LogP contribution is 2.00. The van der Waals surface area contributed by atoms with Gasteiger partial charge in [0.2, 0.25) is 0 Å². The molecule has 14 heavy (non-hydrogen) atoms. The number of hydrogen-bond acceptors (Lipinski definition) is 2. The molecule has 0 aliphatic carbocycles. The molecular formula is C11H10N2O. The average molecular weight is 186 g/mol. The van der Waals surface area contributed by atoms with E-state index in [1.165, 1.54) is 4.57 Å². The Bertz CT molecular complexity index is 488. The molecule has 0 N–H and O–H groups in total. The summed E-state index contributed by atoms with van der Waals surface area (Å²) >= 11 is 0. The molecule has 0 bridgehead atoms. The van der Waals surface area contributed by atoms with Crippen LogP contribution in [0.25, 0.3) is 5.82 Å². The Balaban J connectivity index is 2.63.